The summed E-state index contributed by atoms with van der Waals surface area (Å²) in [6.07, 6.45) is 0.496. The molecule has 0 saturated carbocycles. The zero-order chi connectivity index (χ0) is 31.3. The maximum atomic E-state index is 16.0. The lowest BCUT2D eigenvalue weighted by Gasteiger charge is -2.37. The fourth-order valence-corrected chi connectivity index (χ4v) is 6.95. The molecule has 1 unspecified atom stereocenters. The molecule has 2 heterocycles. The van der Waals surface area contributed by atoms with Gasteiger partial charge >= 0.3 is 5.97 Å². The third-order valence-corrected chi connectivity index (χ3v) is 8.89. The molecule has 3 N–H and O–H groups in total. The predicted molar refractivity (Wildman–Crippen MR) is 166 cm³/mol. The van der Waals surface area contributed by atoms with Crippen molar-refractivity contribution in [3.63, 3.8) is 0 Å². The van der Waals surface area contributed by atoms with Crippen molar-refractivity contribution in [2.24, 2.45) is 5.41 Å². The highest BCUT2D eigenvalue weighted by Gasteiger charge is 2.66. The molecule has 3 aromatic carbocycles. The lowest BCUT2D eigenvalue weighted by Crippen LogP contribution is -2.49. The van der Waals surface area contributed by atoms with Gasteiger partial charge in [-0.25, -0.2) is 9.18 Å². The van der Waals surface area contributed by atoms with Gasteiger partial charge in [-0.15, -0.1) is 0 Å². The SMILES string of the molecule is COC(=O)c1ccc(NC(=O)[C@@H]2N[C@@H](CC(C)(C)C)C3(C(=O)Nc4cc(Br)ccc43)[C@H]2c2cccc(Cl)c2F)c(OC)c1. The summed E-state index contributed by atoms with van der Waals surface area (Å²) in [6, 6.07) is 13.0. The Bertz CT molecular complexity index is 1630. The second-order valence-electron chi connectivity index (χ2n) is 12.0. The number of rotatable bonds is 6. The Hall–Kier alpha value is -3.47. The quantitative estimate of drug-likeness (QED) is 0.261. The van der Waals surface area contributed by atoms with E-state index in [-0.39, 0.29) is 33.2 Å². The van der Waals surface area contributed by atoms with Crippen LogP contribution >= 0.6 is 27.5 Å². The van der Waals surface area contributed by atoms with Gasteiger partial charge in [-0.05, 0) is 59.4 Å². The first-order valence-corrected chi connectivity index (χ1v) is 14.9. The molecule has 1 spiro atoms. The number of methoxy groups -OCH3 is 2. The average Bonchev–Trinajstić information content (AvgIpc) is 3.43. The Balaban J connectivity index is 1.68. The first kappa shape index (κ1) is 31.0. The number of anilines is 2. The van der Waals surface area contributed by atoms with Gasteiger partial charge < -0.3 is 25.4 Å². The van der Waals surface area contributed by atoms with Crippen LogP contribution in [-0.2, 0) is 19.7 Å². The smallest absolute Gasteiger partial charge is 0.337 e. The number of amides is 2. The van der Waals surface area contributed by atoms with Crippen LogP contribution in [0.4, 0.5) is 15.8 Å². The van der Waals surface area contributed by atoms with E-state index >= 15 is 4.39 Å². The fraction of sp³-hybridized carbons (Fsp3) is 0.344. The Morgan fingerprint density at radius 1 is 1.12 bits per heavy atom. The number of fused-ring (bicyclic) bond motifs is 2. The molecule has 0 aromatic heterocycles. The van der Waals surface area contributed by atoms with Gasteiger partial charge in [0.15, 0.2) is 0 Å². The normalized spacial score (nSPS) is 22.7. The highest BCUT2D eigenvalue weighted by Crippen LogP contribution is 2.57. The number of hydrogen-bond donors (Lipinski definition) is 3. The summed E-state index contributed by atoms with van der Waals surface area (Å²) in [5.41, 5.74) is 0.325. The third-order valence-electron chi connectivity index (χ3n) is 8.10. The molecule has 1 saturated heterocycles. The van der Waals surface area contributed by atoms with Crippen LogP contribution in [0, 0.1) is 11.2 Å². The molecule has 0 bridgehead atoms. The molecular weight excluding hydrogens is 641 g/mol. The summed E-state index contributed by atoms with van der Waals surface area (Å²) >= 11 is 9.76. The van der Waals surface area contributed by atoms with Crippen LogP contribution in [-0.4, -0.2) is 44.1 Å². The van der Waals surface area contributed by atoms with Crippen molar-refractivity contribution < 1.29 is 28.2 Å². The molecule has 0 aliphatic carbocycles. The number of nitrogens with one attached hydrogen (secondary N) is 3. The topological polar surface area (TPSA) is 106 Å². The van der Waals surface area contributed by atoms with Crippen molar-refractivity contribution in [2.45, 2.75) is 50.6 Å². The summed E-state index contributed by atoms with van der Waals surface area (Å²) in [4.78, 5) is 40.6. The Morgan fingerprint density at radius 3 is 2.53 bits per heavy atom. The van der Waals surface area contributed by atoms with Crippen molar-refractivity contribution >= 4 is 56.7 Å². The van der Waals surface area contributed by atoms with E-state index in [4.69, 9.17) is 21.1 Å². The van der Waals surface area contributed by atoms with E-state index in [1.54, 1.807) is 12.1 Å². The van der Waals surface area contributed by atoms with Crippen LogP contribution in [0.2, 0.25) is 5.02 Å². The van der Waals surface area contributed by atoms with E-state index in [2.05, 4.69) is 31.9 Å². The van der Waals surface area contributed by atoms with Crippen LogP contribution in [0.15, 0.2) is 59.1 Å². The molecule has 43 heavy (non-hydrogen) atoms. The molecule has 2 amide bonds. The number of carbonyl (C=O) groups is 3. The van der Waals surface area contributed by atoms with Crippen molar-refractivity contribution in [1.82, 2.24) is 5.32 Å². The zero-order valence-electron chi connectivity index (χ0n) is 24.3. The average molecular weight is 673 g/mol. The summed E-state index contributed by atoms with van der Waals surface area (Å²) in [5.74, 6) is -2.85. The van der Waals surface area contributed by atoms with Crippen LogP contribution in [0.5, 0.6) is 5.75 Å². The van der Waals surface area contributed by atoms with Gasteiger partial charge in [-0.2, -0.15) is 0 Å². The third kappa shape index (κ3) is 5.41. The second-order valence-corrected chi connectivity index (χ2v) is 13.3. The van der Waals surface area contributed by atoms with Crippen molar-refractivity contribution in [3.05, 3.63) is 86.6 Å². The van der Waals surface area contributed by atoms with Gasteiger partial charge in [0.05, 0.1) is 36.5 Å². The molecule has 2 aliphatic heterocycles. The van der Waals surface area contributed by atoms with Gasteiger partial charge in [0, 0.05) is 22.1 Å². The molecule has 1 fully saturated rings. The minimum Gasteiger partial charge on any atom is -0.495 e. The molecule has 3 aromatic rings. The highest BCUT2D eigenvalue weighted by molar-refractivity contribution is 9.10. The minimum absolute atomic E-state index is 0.111. The molecule has 8 nitrogen and oxygen atoms in total. The van der Waals surface area contributed by atoms with Gasteiger partial charge in [-0.3, -0.25) is 9.59 Å². The molecule has 11 heteroatoms. The van der Waals surface area contributed by atoms with Crippen molar-refractivity contribution in [3.8, 4) is 5.75 Å². The summed E-state index contributed by atoms with van der Waals surface area (Å²) in [5, 5.41) is 9.23. The molecule has 5 rings (SSSR count). The number of carbonyl (C=O) groups excluding carboxylic acids is 3. The van der Waals surface area contributed by atoms with Crippen molar-refractivity contribution in [1.29, 1.82) is 0 Å². The van der Waals surface area contributed by atoms with Crippen LogP contribution in [0.3, 0.4) is 0 Å². The predicted octanol–water partition coefficient (Wildman–Crippen LogP) is 6.43. The Morgan fingerprint density at radius 2 is 1.86 bits per heavy atom. The maximum Gasteiger partial charge on any atom is 0.337 e. The Labute approximate surface area is 262 Å². The fourth-order valence-electron chi connectivity index (χ4n) is 6.40. The number of hydrogen-bond acceptors (Lipinski definition) is 6. The summed E-state index contributed by atoms with van der Waals surface area (Å²) in [7, 11) is 2.68. The van der Waals surface area contributed by atoms with E-state index in [0.29, 0.717) is 23.4 Å². The lowest BCUT2D eigenvalue weighted by molar-refractivity contribution is -0.122. The van der Waals surface area contributed by atoms with E-state index in [0.717, 1.165) is 4.47 Å². The monoisotopic (exact) mass is 671 g/mol. The molecule has 2 aliphatic rings. The second kappa shape index (κ2) is 11.6. The maximum absolute atomic E-state index is 16.0. The minimum atomic E-state index is -1.35. The van der Waals surface area contributed by atoms with Crippen molar-refractivity contribution in [2.75, 3.05) is 24.9 Å². The molecule has 0 radical (unpaired) electrons. The zero-order valence-corrected chi connectivity index (χ0v) is 26.7. The number of halogens is 3. The summed E-state index contributed by atoms with van der Waals surface area (Å²) < 4.78 is 27.0. The molecule has 4 atom stereocenters. The first-order chi connectivity index (χ1) is 20.3. The lowest BCUT2D eigenvalue weighted by atomic mass is 9.62. The number of esters is 1. The van der Waals surface area contributed by atoms with E-state index in [1.165, 1.54) is 38.5 Å². The highest BCUT2D eigenvalue weighted by atomic mass is 79.9. The number of benzene rings is 3. The standard InChI is InChI=1S/C32H32BrClFN3O5/c1-31(2,3)15-24-32(19-11-10-17(33)14-22(19)37-30(32)41)25(18-7-6-8-20(34)26(18)35)27(38-24)28(39)36-21-12-9-16(29(40)43-5)13-23(21)42-4/h6-14,24-25,27,38H,15H2,1-5H3,(H,36,39)(H,37,41)/t24-,25-,27+,32?/m0/s1. The van der Waals surface area contributed by atoms with Gasteiger partial charge in [-0.1, -0.05) is 66.5 Å². The van der Waals surface area contributed by atoms with Crippen LogP contribution < -0.4 is 20.7 Å². The van der Waals surface area contributed by atoms with E-state index in [9.17, 15) is 14.4 Å². The Kier molecular flexibility index (Phi) is 8.32. The van der Waals surface area contributed by atoms with Crippen LogP contribution in [0.25, 0.3) is 0 Å². The van der Waals surface area contributed by atoms with Gasteiger partial charge in [0.1, 0.15) is 17.0 Å². The molecular formula is C32H32BrClFN3O5. The van der Waals surface area contributed by atoms with E-state index in [1.807, 2.05) is 39.0 Å². The van der Waals surface area contributed by atoms with Gasteiger partial charge in [0.2, 0.25) is 11.8 Å². The molecule has 226 valence electrons. The van der Waals surface area contributed by atoms with Gasteiger partial charge in [0.25, 0.3) is 0 Å². The van der Waals surface area contributed by atoms with Crippen LogP contribution in [0.1, 0.15) is 54.6 Å². The van der Waals surface area contributed by atoms with E-state index < -0.39 is 41.1 Å². The summed E-state index contributed by atoms with van der Waals surface area (Å²) in [6.45, 7) is 6.15. The largest absolute Gasteiger partial charge is 0.495 e. The number of ether oxygens (including phenoxy) is 2. The first-order valence-electron chi connectivity index (χ1n) is 13.7.